The minimum absolute atomic E-state index is 0.00282. The molecule has 1 saturated heterocycles. The van der Waals surface area contributed by atoms with E-state index in [0.29, 0.717) is 19.0 Å². The number of nitrogens with one attached hydrogen (secondary N) is 1. The van der Waals surface area contributed by atoms with Gasteiger partial charge in [0, 0.05) is 19.6 Å². The zero-order chi connectivity index (χ0) is 10.4. The molecule has 14 heavy (non-hydrogen) atoms. The minimum Gasteiger partial charge on any atom is -0.335 e. The maximum Gasteiger partial charge on any atom is 0.317 e. The maximum absolute atomic E-state index is 11.5. The van der Waals surface area contributed by atoms with Gasteiger partial charge in [0.05, 0.1) is 0 Å². The molecule has 0 spiro atoms. The van der Waals surface area contributed by atoms with E-state index in [2.05, 4.69) is 11.9 Å². The maximum atomic E-state index is 11.5. The van der Waals surface area contributed by atoms with E-state index in [9.17, 15) is 4.79 Å². The summed E-state index contributed by atoms with van der Waals surface area (Å²) in [6.07, 6.45) is 3.88. The molecule has 1 fully saturated rings. The molecule has 0 bridgehead atoms. The van der Waals surface area contributed by atoms with Crippen LogP contribution in [-0.4, -0.2) is 37.1 Å². The SMILES string of the molecule is C=CCNC(=O)N1CCCC(CN)C1. The number of urea groups is 1. The Morgan fingerprint density at radius 3 is 3.14 bits per heavy atom. The molecule has 0 aromatic heterocycles. The van der Waals surface area contributed by atoms with Crippen LogP contribution in [0.1, 0.15) is 12.8 Å². The molecule has 4 heteroatoms. The van der Waals surface area contributed by atoms with Crippen molar-refractivity contribution in [2.45, 2.75) is 12.8 Å². The number of hydrogen-bond acceptors (Lipinski definition) is 2. The molecule has 0 aliphatic carbocycles. The summed E-state index contributed by atoms with van der Waals surface area (Å²) in [5.41, 5.74) is 5.59. The number of nitrogens with two attached hydrogens (primary N) is 1. The molecule has 1 aliphatic rings. The standard InChI is InChI=1S/C10H19N3O/c1-2-5-12-10(14)13-6-3-4-9(7-11)8-13/h2,9H,1,3-8,11H2,(H,12,14). The predicted molar refractivity (Wildman–Crippen MR) is 56.9 cm³/mol. The number of carbonyl (C=O) groups is 1. The van der Waals surface area contributed by atoms with Gasteiger partial charge in [0.2, 0.25) is 0 Å². The van der Waals surface area contributed by atoms with Crippen LogP contribution >= 0.6 is 0 Å². The van der Waals surface area contributed by atoms with E-state index in [4.69, 9.17) is 5.73 Å². The number of piperidine rings is 1. The van der Waals surface area contributed by atoms with Gasteiger partial charge in [0.25, 0.3) is 0 Å². The van der Waals surface area contributed by atoms with Crippen molar-refractivity contribution >= 4 is 6.03 Å². The van der Waals surface area contributed by atoms with Gasteiger partial charge in [-0.2, -0.15) is 0 Å². The molecule has 0 radical (unpaired) electrons. The fraction of sp³-hybridized carbons (Fsp3) is 0.700. The first kappa shape index (κ1) is 11.0. The lowest BCUT2D eigenvalue weighted by atomic mass is 9.99. The molecule has 0 saturated carbocycles. The number of nitrogens with zero attached hydrogens (tertiary/aromatic N) is 1. The van der Waals surface area contributed by atoms with Gasteiger partial charge in [0.1, 0.15) is 0 Å². The summed E-state index contributed by atoms with van der Waals surface area (Å²) in [6, 6.07) is 0.00282. The zero-order valence-electron chi connectivity index (χ0n) is 8.54. The second kappa shape index (κ2) is 5.65. The van der Waals surface area contributed by atoms with Gasteiger partial charge < -0.3 is 16.0 Å². The Labute approximate surface area is 85.1 Å². The highest BCUT2D eigenvalue weighted by molar-refractivity contribution is 5.74. The van der Waals surface area contributed by atoms with Crippen LogP contribution in [0.15, 0.2) is 12.7 Å². The lowest BCUT2D eigenvalue weighted by Crippen LogP contribution is -2.46. The summed E-state index contributed by atoms with van der Waals surface area (Å²) in [6.45, 7) is 6.40. The lowest BCUT2D eigenvalue weighted by molar-refractivity contribution is 0.168. The Kier molecular flexibility index (Phi) is 4.46. The van der Waals surface area contributed by atoms with Gasteiger partial charge in [-0.3, -0.25) is 0 Å². The molecule has 1 atom stereocenters. The van der Waals surface area contributed by atoms with Crippen LogP contribution in [0.2, 0.25) is 0 Å². The van der Waals surface area contributed by atoms with E-state index in [1.807, 2.05) is 4.90 Å². The first-order valence-electron chi connectivity index (χ1n) is 5.11. The van der Waals surface area contributed by atoms with Gasteiger partial charge in [-0.1, -0.05) is 6.08 Å². The molecule has 4 nitrogen and oxygen atoms in total. The van der Waals surface area contributed by atoms with Gasteiger partial charge in [-0.25, -0.2) is 4.79 Å². The second-order valence-corrected chi connectivity index (χ2v) is 3.66. The summed E-state index contributed by atoms with van der Waals surface area (Å²) in [4.78, 5) is 13.4. The Morgan fingerprint density at radius 1 is 1.71 bits per heavy atom. The van der Waals surface area contributed by atoms with Crippen LogP contribution in [0.5, 0.6) is 0 Å². The van der Waals surface area contributed by atoms with Crippen LogP contribution in [0.4, 0.5) is 4.79 Å². The van der Waals surface area contributed by atoms with E-state index < -0.39 is 0 Å². The summed E-state index contributed by atoms with van der Waals surface area (Å²) in [5.74, 6) is 0.471. The Morgan fingerprint density at radius 2 is 2.50 bits per heavy atom. The largest absolute Gasteiger partial charge is 0.335 e. The van der Waals surface area contributed by atoms with Gasteiger partial charge in [-0.15, -0.1) is 6.58 Å². The Bertz CT molecular complexity index is 206. The quantitative estimate of drug-likeness (QED) is 0.649. The summed E-state index contributed by atoms with van der Waals surface area (Å²) in [7, 11) is 0. The highest BCUT2D eigenvalue weighted by Gasteiger charge is 2.21. The summed E-state index contributed by atoms with van der Waals surface area (Å²) >= 11 is 0. The van der Waals surface area contributed by atoms with E-state index in [1.165, 1.54) is 0 Å². The number of amides is 2. The van der Waals surface area contributed by atoms with Crippen LogP contribution in [-0.2, 0) is 0 Å². The summed E-state index contributed by atoms with van der Waals surface area (Å²) in [5, 5.41) is 2.77. The number of likely N-dealkylation sites (tertiary alicyclic amines) is 1. The van der Waals surface area contributed by atoms with Crippen molar-refractivity contribution in [1.82, 2.24) is 10.2 Å². The normalized spacial score (nSPS) is 21.8. The molecule has 0 aromatic carbocycles. The van der Waals surface area contributed by atoms with E-state index in [1.54, 1.807) is 6.08 Å². The number of rotatable bonds is 3. The van der Waals surface area contributed by atoms with E-state index >= 15 is 0 Å². The first-order valence-corrected chi connectivity index (χ1v) is 5.11. The predicted octanol–water partition coefficient (Wildman–Crippen LogP) is 0.553. The van der Waals surface area contributed by atoms with E-state index in [0.717, 1.165) is 25.9 Å². The molecule has 1 heterocycles. The van der Waals surface area contributed by atoms with Crippen LogP contribution < -0.4 is 11.1 Å². The van der Waals surface area contributed by atoms with Gasteiger partial charge >= 0.3 is 6.03 Å². The van der Waals surface area contributed by atoms with Crippen molar-refractivity contribution in [3.8, 4) is 0 Å². The highest BCUT2D eigenvalue weighted by atomic mass is 16.2. The van der Waals surface area contributed by atoms with Gasteiger partial charge in [-0.05, 0) is 25.3 Å². The number of carbonyl (C=O) groups excluding carboxylic acids is 1. The molecule has 1 unspecified atom stereocenters. The molecule has 1 aliphatic heterocycles. The lowest BCUT2D eigenvalue weighted by Gasteiger charge is -2.32. The average molecular weight is 197 g/mol. The van der Waals surface area contributed by atoms with E-state index in [-0.39, 0.29) is 6.03 Å². The van der Waals surface area contributed by atoms with Crippen molar-refractivity contribution in [3.05, 3.63) is 12.7 Å². The molecule has 2 amide bonds. The average Bonchev–Trinajstić information content (AvgIpc) is 2.26. The smallest absolute Gasteiger partial charge is 0.317 e. The molecular formula is C10H19N3O. The van der Waals surface area contributed by atoms with Crippen molar-refractivity contribution in [2.24, 2.45) is 11.7 Å². The summed E-state index contributed by atoms with van der Waals surface area (Å²) < 4.78 is 0. The Hall–Kier alpha value is -1.03. The zero-order valence-corrected chi connectivity index (χ0v) is 8.54. The van der Waals surface area contributed by atoms with Crippen molar-refractivity contribution in [3.63, 3.8) is 0 Å². The third-order valence-corrected chi connectivity index (χ3v) is 2.54. The fourth-order valence-electron chi connectivity index (χ4n) is 1.71. The third-order valence-electron chi connectivity index (χ3n) is 2.54. The van der Waals surface area contributed by atoms with Crippen LogP contribution in [0.3, 0.4) is 0 Å². The third kappa shape index (κ3) is 3.03. The molecule has 1 rings (SSSR count). The van der Waals surface area contributed by atoms with Crippen molar-refractivity contribution < 1.29 is 4.79 Å². The molecular weight excluding hydrogens is 178 g/mol. The minimum atomic E-state index is 0.00282. The number of hydrogen-bond donors (Lipinski definition) is 2. The molecule has 80 valence electrons. The Balaban J connectivity index is 2.35. The second-order valence-electron chi connectivity index (χ2n) is 3.66. The highest BCUT2D eigenvalue weighted by Crippen LogP contribution is 2.14. The monoisotopic (exact) mass is 197 g/mol. The molecule has 3 N–H and O–H groups in total. The topological polar surface area (TPSA) is 58.4 Å². The van der Waals surface area contributed by atoms with Crippen molar-refractivity contribution in [1.29, 1.82) is 0 Å². The van der Waals surface area contributed by atoms with Gasteiger partial charge in [0.15, 0.2) is 0 Å². The first-order chi connectivity index (χ1) is 6.77. The van der Waals surface area contributed by atoms with Crippen molar-refractivity contribution in [2.75, 3.05) is 26.2 Å². The van der Waals surface area contributed by atoms with Crippen LogP contribution in [0, 0.1) is 5.92 Å². The molecule has 0 aromatic rings. The fourth-order valence-corrected chi connectivity index (χ4v) is 1.71. The van der Waals surface area contributed by atoms with Crippen LogP contribution in [0.25, 0.3) is 0 Å².